The SMILES string of the molecule is CC(=O)Nc1cc(Br)sc1C. The highest BCUT2D eigenvalue weighted by molar-refractivity contribution is 9.11. The summed E-state index contributed by atoms with van der Waals surface area (Å²) in [5, 5.41) is 2.74. The molecule has 11 heavy (non-hydrogen) atoms. The van der Waals surface area contributed by atoms with Crippen LogP contribution in [0.25, 0.3) is 0 Å². The van der Waals surface area contributed by atoms with Crippen molar-refractivity contribution in [3.05, 3.63) is 14.7 Å². The summed E-state index contributed by atoms with van der Waals surface area (Å²) in [5.74, 6) is -0.0293. The summed E-state index contributed by atoms with van der Waals surface area (Å²) in [5.41, 5.74) is 0.898. The Kier molecular flexibility index (Phi) is 2.67. The molecule has 1 heterocycles. The largest absolute Gasteiger partial charge is 0.325 e. The minimum absolute atomic E-state index is 0.0293. The fourth-order valence-corrected chi connectivity index (χ4v) is 2.41. The smallest absolute Gasteiger partial charge is 0.221 e. The first-order valence-corrected chi connectivity index (χ1v) is 4.74. The van der Waals surface area contributed by atoms with Crippen LogP contribution in [0.5, 0.6) is 0 Å². The normalized spacial score (nSPS) is 9.73. The van der Waals surface area contributed by atoms with Crippen LogP contribution < -0.4 is 5.32 Å². The Balaban J connectivity index is 2.85. The van der Waals surface area contributed by atoms with Crippen molar-refractivity contribution in [2.24, 2.45) is 0 Å². The van der Waals surface area contributed by atoms with Gasteiger partial charge in [0.15, 0.2) is 0 Å². The van der Waals surface area contributed by atoms with Crippen LogP contribution in [0.1, 0.15) is 11.8 Å². The molecule has 0 aliphatic heterocycles. The predicted molar refractivity (Wildman–Crippen MR) is 51.1 cm³/mol. The molecule has 60 valence electrons. The molecule has 0 aliphatic rings. The second-order valence-electron chi connectivity index (χ2n) is 2.20. The molecule has 0 unspecified atom stereocenters. The molecule has 0 bridgehead atoms. The van der Waals surface area contributed by atoms with Crippen LogP contribution in [0.2, 0.25) is 0 Å². The monoisotopic (exact) mass is 233 g/mol. The summed E-state index contributed by atoms with van der Waals surface area (Å²) in [6.07, 6.45) is 0. The number of rotatable bonds is 1. The number of nitrogens with one attached hydrogen (secondary N) is 1. The lowest BCUT2D eigenvalue weighted by atomic mass is 10.4. The maximum Gasteiger partial charge on any atom is 0.221 e. The summed E-state index contributed by atoms with van der Waals surface area (Å²) in [6, 6.07) is 1.90. The molecule has 0 atom stereocenters. The van der Waals surface area contributed by atoms with Gasteiger partial charge >= 0.3 is 0 Å². The molecule has 0 aliphatic carbocycles. The number of halogens is 1. The third-order valence-corrected chi connectivity index (χ3v) is 2.75. The quantitative estimate of drug-likeness (QED) is 0.795. The van der Waals surface area contributed by atoms with Crippen LogP contribution in [0.3, 0.4) is 0 Å². The number of hydrogen-bond acceptors (Lipinski definition) is 2. The van der Waals surface area contributed by atoms with E-state index in [1.54, 1.807) is 11.3 Å². The number of carbonyl (C=O) groups excluding carboxylic acids is 1. The molecule has 0 aromatic carbocycles. The molecule has 0 saturated heterocycles. The molecular weight excluding hydrogens is 226 g/mol. The van der Waals surface area contributed by atoms with Gasteiger partial charge in [0.1, 0.15) is 0 Å². The van der Waals surface area contributed by atoms with Gasteiger partial charge in [0.25, 0.3) is 0 Å². The lowest BCUT2D eigenvalue weighted by Gasteiger charge is -1.97. The van der Waals surface area contributed by atoms with Crippen LogP contribution in [0.4, 0.5) is 5.69 Å². The summed E-state index contributed by atoms with van der Waals surface area (Å²) in [4.78, 5) is 11.8. The average molecular weight is 234 g/mol. The topological polar surface area (TPSA) is 29.1 Å². The third kappa shape index (κ3) is 2.31. The molecular formula is C7H8BrNOS. The summed E-state index contributed by atoms with van der Waals surface area (Å²) >= 11 is 4.95. The molecule has 1 amide bonds. The Morgan fingerprint density at radius 2 is 2.36 bits per heavy atom. The van der Waals surface area contributed by atoms with E-state index in [0.29, 0.717) is 0 Å². The average Bonchev–Trinajstić information content (AvgIpc) is 2.09. The van der Waals surface area contributed by atoms with Crippen molar-refractivity contribution >= 4 is 38.9 Å². The van der Waals surface area contributed by atoms with Gasteiger partial charge in [-0.3, -0.25) is 4.79 Å². The van der Waals surface area contributed by atoms with Gasteiger partial charge in [0.05, 0.1) is 9.47 Å². The fraction of sp³-hybridized carbons (Fsp3) is 0.286. The number of carbonyl (C=O) groups is 1. The van der Waals surface area contributed by atoms with E-state index in [0.717, 1.165) is 14.4 Å². The van der Waals surface area contributed by atoms with Crippen LogP contribution in [0.15, 0.2) is 9.85 Å². The van der Waals surface area contributed by atoms with E-state index >= 15 is 0 Å². The van der Waals surface area contributed by atoms with Crippen molar-refractivity contribution < 1.29 is 4.79 Å². The Morgan fingerprint density at radius 3 is 2.73 bits per heavy atom. The van der Waals surface area contributed by atoms with Crippen LogP contribution in [-0.2, 0) is 4.79 Å². The Morgan fingerprint density at radius 1 is 1.73 bits per heavy atom. The van der Waals surface area contributed by atoms with Crippen molar-refractivity contribution in [2.45, 2.75) is 13.8 Å². The lowest BCUT2D eigenvalue weighted by Crippen LogP contribution is -2.05. The van der Waals surface area contributed by atoms with Gasteiger partial charge in [0.2, 0.25) is 5.91 Å². The molecule has 0 spiro atoms. The summed E-state index contributed by atoms with van der Waals surface area (Å²) < 4.78 is 1.04. The zero-order valence-corrected chi connectivity index (χ0v) is 8.67. The van der Waals surface area contributed by atoms with Gasteiger partial charge in [0, 0.05) is 11.8 Å². The minimum Gasteiger partial charge on any atom is -0.325 e. The van der Waals surface area contributed by atoms with E-state index in [2.05, 4.69) is 21.2 Å². The standard InChI is InChI=1S/C7H8BrNOS/c1-4-6(9-5(2)10)3-7(8)11-4/h3H,1-2H3,(H,9,10). The van der Waals surface area contributed by atoms with Crippen molar-refractivity contribution in [1.82, 2.24) is 0 Å². The number of thiophene rings is 1. The van der Waals surface area contributed by atoms with Gasteiger partial charge in [-0.15, -0.1) is 11.3 Å². The minimum atomic E-state index is -0.0293. The number of aryl methyl sites for hydroxylation is 1. The maximum absolute atomic E-state index is 10.7. The molecule has 4 heteroatoms. The Hall–Kier alpha value is -0.350. The highest BCUT2D eigenvalue weighted by atomic mass is 79.9. The van der Waals surface area contributed by atoms with Gasteiger partial charge < -0.3 is 5.32 Å². The van der Waals surface area contributed by atoms with Gasteiger partial charge in [-0.2, -0.15) is 0 Å². The summed E-state index contributed by atoms with van der Waals surface area (Å²) in [6.45, 7) is 3.48. The predicted octanol–water partition coefficient (Wildman–Crippen LogP) is 2.78. The van der Waals surface area contributed by atoms with Crippen LogP contribution in [0, 0.1) is 6.92 Å². The second-order valence-corrected chi connectivity index (χ2v) is 4.84. The lowest BCUT2D eigenvalue weighted by molar-refractivity contribution is -0.114. The van der Waals surface area contributed by atoms with E-state index in [-0.39, 0.29) is 5.91 Å². The van der Waals surface area contributed by atoms with Crippen LogP contribution >= 0.6 is 27.3 Å². The molecule has 0 saturated carbocycles. The molecule has 1 rings (SSSR count). The van der Waals surface area contributed by atoms with Crippen molar-refractivity contribution in [1.29, 1.82) is 0 Å². The number of hydrogen-bond donors (Lipinski definition) is 1. The van der Waals surface area contributed by atoms with E-state index < -0.39 is 0 Å². The maximum atomic E-state index is 10.7. The van der Waals surface area contributed by atoms with Crippen molar-refractivity contribution in [3.8, 4) is 0 Å². The Labute approximate surface area is 77.7 Å². The highest BCUT2D eigenvalue weighted by Gasteiger charge is 2.03. The molecule has 2 nitrogen and oxygen atoms in total. The zero-order chi connectivity index (χ0) is 8.43. The molecule has 0 radical (unpaired) electrons. The van der Waals surface area contributed by atoms with E-state index in [1.807, 2.05) is 13.0 Å². The third-order valence-electron chi connectivity index (χ3n) is 1.20. The summed E-state index contributed by atoms with van der Waals surface area (Å²) in [7, 11) is 0. The first-order chi connectivity index (χ1) is 5.09. The Bertz CT molecular complexity index is 282. The van der Waals surface area contributed by atoms with Gasteiger partial charge in [-0.1, -0.05) is 0 Å². The first kappa shape index (κ1) is 8.74. The molecule has 0 fully saturated rings. The molecule has 1 aromatic rings. The van der Waals surface area contributed by atoms with Crippen molar-refractivity contribution in [3.63, 3.8) is 0 Å². The van der Waals surface area contributed by atoms with Crippen LogP contribution in [-0.4, -0.2) is 5.91 Å². The number of amides is 1. The van der Waals surface area contributed by atoms with Gasteiger partial charge in [-0.05, 0) is 28.9 Å². The van der Waals surface area contributed by atoms with Gasteiger partial charge in [-0.25, -0.2) is 0 Å². The molecule has 1 aromatic heterocycles. The highest BCUT2D eigenvalue weighted by Crippen LogP contribution is 2.29. The van der Waals surface area contributed by atoms with E-state index in [1.165, 1.54) is 6.92 Å². The van der Waals surface area contributed by atoms with Crippen molar-refractivity contribution in [2.75, 3.05) is 5.32 Å². The second kappa shape index (κ2) is 3.36. The fourth-order valence-electron chi connectivity index (χ4n) is 0.760. The molecule has 1 N–H and O–H groups in total. The van der Waals surface area contributed by atoms with E-state index in [9.17, 15) is 4.79 Å². The first-order valence-electron chi connectivity index (χ1n) is 3.13. The zero-order valence-electron chi connectivity index (χ0n) is 6.27. The number of anilines is 1. The van der Waals surface area contributed by atoms with E-state index in [4.69, 9.17) is 0 Å².